The summed E-state index contributed by atoms with van der Waals surface area (Å²) in [7, 11) is 5.46. The average Bonchev–Trinajstić information content (AvgIpc) is 3.03. The molecule has 0 rings (SSSR count). The fourth-order valence-corrected chi connectivity index (χ4v) is 4.36. The molecule has 2 unspecified atom stereocenters. The molecule has 0 fully saturated rings. The largest absolute Gasteiger partial charge is 0.477 e. The molecule has 8 nitrogen and oxygen atoms in total. The van der Waals surface area contributed by atoms with E-state index < -0.39 is 18.1 Å². The first-order chi connectivity index (χ1) is 23.1. The highest BCUT2D eigenvalue weighted by atomic mass is 16.6. The third kappa shape index (κ3) is 28.7. The second kappa shape index (κ2) is 30.8. The number of esters is 2. The van der Waals surface area contributed by atoms with Crippen LogP contribution < -0.4 is 0 Å². The minimum Gasteiger partial charge on any atom is -0.477 e. The lowest BCUT2D eigenvalue weighted by Crippen LogP contribution is -2.50. The van der Waals surface area contributed by atoms with Crippen molar-refractivity contribution in [3.05, 3.63) is 85.1 Å². The van der Waals surface area contributed by atoms with Gasteiger partial charge in [-0.15, -0.1) is 0 Å². The normalized spacial score (nSPS) is 14.1. The average molecular weight is 671 g/mol. The molecule has 0 aromatic rings. The lowest BCUT2D eigenvalue weighted by molar-refractivity contribution is -0.887. The smallest absolute Gasteiger partial charge is 0.362 e. The SMILES string of the molecule is CC/C=C/C/C=C/C/C=C/C/C=C/C/C=C/CCCC(=O)OC(COCCC(C(=O)O)[N+](C)(C)C)COC(=O)CC/C=C/C/C=C/CC. The first-order valence-electron chi connectivity index (χ1n) is 17.6. The molecule has 0 bridgehead atoms. The van der Waals surface area contributed by atoms with Gasteiger partial charge in [0.1, 0.15) is 6.61 Å². The van der Waals surface area contributed by atoms with E-state index in [4.69, 9.17) is 14.2 Å². The fourth-order valence-electron chi connectivity index (χ4n) is 4.36. The fraction of sp³-hybridized carbons (Fsp3) is 0.575. The summed E-state index contributed by atoms with van der Waals surface area (Å²) in [4.78, 5) is 36.5. The van der Waals surface area contributed by atoms with Crippen LogP contribution in [0.2, 0.25) is 0 Å². The molecule has 270 valence electrons. The Hall–Kier alpha value is -3.49. The monoisotopic (exact) mass is 670 g/mol. The number of rotatable bonds is 29. The van der Waals surface area contributed by atoms with Gasteiger partial charge in [-0.2, -0.15) is 0 Å². The van der Waals surface area contributed by atoms with Crippen LogP contribution in [0.4, 0.5) is 0 Å². The number of aliphatic carboxylic acids is 1. The first kappa shape index (κ1) is 44.5. The standard InChI is InChI=1S/C40H63NO7/c1-6-8-10-12-14-15-16-17-18-19-20-21-22-23-25-27-29-31-39(43)48-36(34-46-33-32-37(40(44)45)41(3,4)5)35-47-38(42)30-28-26-24-13-11-9-7-2/h8-11,14-15,17-18,20-21,23-26,36-37H,6-7,12-13,16,19,22,27-35H2,1-5H3/p+1/b10-8+,11-9+,15-14+,18-17+,21-20+,25-23+,26-24+. The number of carboxylic acids is 1. The van der Waals surface area contributed by atoms with Gasteiger partial charge < -0.3 is 23.8 Å². The van der Waals surface area contributed by atoms with Gasteiger partial charge in [0.25, 0.3) is 0 Å². The lowest BCUT2D eigenvalue weighted by Gasteiger charge is -2.31. The summed E-state index contributed by atoms with van der Waals surface area (Å²) in [6, 6.07) is -0.634. The summed E-state index contributed by atoms with van der Waals surface area (Å²) in [6.45, 7) is 4.30. The maximum absolute atomic E-state index is 12.6. The molecule has 2 atom stereocenters. The molecule has 0 spiro atoms. The number of carbonyl (C=O) groups is 3. The Labute approximate surface area is 291 Å². The Morgan fingerprint density at radius 1 is 0.625 bits per heavy atom. The molecule has 0 radical (unpaired) electrons. The number of quaternary nitrogens is 1. The van der Waals surface area contributed by atoms with Gasteiger partial charge in [-0.3, -0.25) is 9.59 Å². The number of likely N-dealkylation sites (N-methyl/N-ethyl adjacent to an activating group) is 1. The predicted molar refractivity (Wildman–Crippen MR) is 196 cm³/mol. The molecule has 48 heavy (non-hydrogen) atoms. The minimum absolute atomic E-state index is 0.0148. The van der Waals surface area contributed by atoms with E-state index in [1.54, 1.807) is 0 Å². The highest BCUT2D eigenvalue weighted by Gasteiger charge is 2.31. The van der Waals surface area contributed by atoms with E-state index in [1.807, 2.05) is 33.3 Å². The third-order valence-corrected chi connectivity index (χ3v) is 7.05. The summed E-state index contributed by atoms with van der Waals surface area (Å²) in [5.41, 5.74) is 0. The summed E-state index contributed by atoms with van der Waals surface area (Å²) >= 11 is 0. The molecule has 1 N–H and O–H groups in total. The molecule has 0 aliphatic carbocycles. The number of carbonyl (C=O) groups excluding carboxylic acids is 2. The van der Waals surface area contributed by atoms with Gasteiger partial charge in [0, 0.05) is 19.3 Å². The van der Waals surface area contributed by atoms with Crippen LogP contribution in [0, 0.1) is 0 Å². The number of ether oxygens (including phenoxy) is 3. The van der Waals surface area contributed by atoms with Gasteiger partial charge in [0.05, 0.1) is 34.4 Å². The van der Waals surface area contributed by atoms with E-state index in [-0.39, 0.29) is 49.1 Å². The zero-order valence-electron chi connectivity index (χ0n) is 30.4. The maximum atomic E-state index is 12.6. The van der Waals surface area contributed by atoms with Crippen LogP contribution in [-0.4, -0.2) is 80.6 Å². The van der Waals surface area contributed by atoms with E-state index in [2.05, 4.69) is 86.8 Å². The molecular formula is C40H64NO7+. The van der Waals surface area contributed by atoms with E-state index in [0.29, 0.717) is 19.3 Å². The van der Waals surface area contributed by atoms with Crippen LogP contribution in [0.1, 0.15) is 97.3 Å². The van der Waals surface area contributed by atoms with Crippen molar-refractivity contribution in [2.24, 2.45) is 0 Å². The summed E-state index contributed by atoms with van der Waals surface area (Å²) in [5, 5.41) is 9.55. The summed E-state index contributed by atoms with van der Waals surface area (Å²) in [5.74, 6) is -1.66. The van der Waals surface area contributed by atoms with Crippen LogP contribution >= 0.6 is 0 Å². The van der Waals surface area contributed by atoms with Crippen molar-refractivity contribution in [3.63, 3.8) is 0 Å². The number of carboxylic acid groups (broad SMARTS) is 1. The molecule has 0 aromatic carbocycles. The Kier molecular flexibility index (Phi) is 28.6. The van der Waals surface area contributed by atoms with Gasteiger partial charge in [-0.25, -0.2) is 4.79 Å². The van der Waals surface area contributed by atoms with Crippen LogP contribution in [0.5, 0.6) is 0 Å². The van der Waals surface area contributed by atoms with Gasteiger partial charge in [-0.1, -0.05) is 98.9 Å². The van der Waals surface area contributed by atoms with E-state index >= 15 is 0 Å². The van der Waals surface area contributed by atoms with Gasteiger partial charge in [0.15, 0.2) is 12.1 Å². The molecule has 0 saturated heterocycles. The number of unbranched alkanes of at least 4 members (excludes halogenated alkanes) is 1. The molecule has 0 saturated carbocycles. The van der Waals surface area contributed by atoms with E-state index in [1.165, 1.54) is 0 Å². The molecule has 0 aliphatic rings. The van der Waals surface area contributed by atoms with Gasteiger partial charge in [0.2, 0.25) is 0 Å². The summed E-state index contributed by atoms with van der Waals surface area (Å²) in [6.07, 6.45) is 38.2. The van der Waals surface area contributed by atoms with Gasteiger partial charge >= 0.3 is 17.9 Å². The van der Waals surface area contributed by atoms with Crippen molar-refractivity contribution in [3.8, 4) is 0 Å². The first-order valence-corrected chi connectivity index (χ1v) is 17.6. The van der Waals surface area contributed by atoms with E-state index in [0.717, 1.165) is 51.4 Å². The maximum Gasteiger partial charge on any atom is 0.362 e. The predicted octanol–water partition coefficient (Wildman–Crippen LogP) is 8.62. The van der Waals surface area contributed by atoms with Crippen molar-refractivity contribution in [2.45, 2.75) is 109 Å². The number of hydrogen-bond donors (Lipinski definition) is 1. The number of nitrogens with zero attached hydrogens (tertiary/aromatic N) is 1. The topological polar surface area (TPSA) is 99.1 Å². The Bertz CT molecular complexity index is 1060. The molecule has 8 heteroatoms. The van der Waals surface area contributed by atoms with Crippen LogP contribution in [0.3, 0.4) is 0 Å². The molecular weight excluding hydrogens is 606 g/mol. The molecule has 0 amide bonds. The van der Waals surface area contributed by atoms with Crippen LogP contribution in [0.15, 0.2) is 85.1 Å². The van der Waals surface area contributed by atoms with Crippen LogP contribution in [0.25, 0.3) is 0 Å². The second-order valence-electron chi connectivity index (χ2n) is 12.4. The Balaban J connectivity index is 4.58. The highest BCUT2D eigenvalue weighted by Crippen LogP contribution is 2.10. The molecule has 0 heterocycles. The number of allylic oxidation sites excluding steroid dienone is 14. The lowest BCUT2D eigenvalue weighted by atomic mass is 10.1. The minimum atomic E-state index is -0.897. The molecule has 0 aliphatic heterocycles. The Morgan fingerprint density at radius 2 is 1.10 bits per heavy atom. The molecule has 0 aromatic heterocycles. The zero-order valence-corrected chi connectivity index (χ0v) is 30.4. The quantitative estimate of drug-likeness (QED) is 0.0368. The van der Waals surface area contributed by atoms with Crippen molar-refractivity contribution < 1.29 is 38.2 Å². The van der Waals surface area contributed by atoms with Crippen molar-refractivity contribution in [1.82, 2.24) is 0 Å². The van der Waals surface area contributed by atoms with Crippen molar-refractivity contribution >= 4 is 17.9 Å². The van der Waals surface area contributed by atoms with E-state index in [9.17, 15) is 19.5 Å². The van der Waals surface area contributed by atoms with Crippen molar-refractivity contribution in [2.75, 3.05) is 41.0 Å². The second-order valence-corrected chi connectivity index (χ2v) is 12.4. The van der Waals surface area contributed by atoms with Crippen molar-refractivity contribution in [1.29, 1.82) is 0 Å². The van der Waals surface area contributed by atoms with Crippen LogP contribution in [-0.2, 0) is 28.6 Å². The number of hydrogen-bond acceptors (Lipinski definition) is 6. The zero-order chi connectivity index (χ0) is 35.7. The highest BCUT2D eigenvalue weighted by molar-refractivity contribution is 5.72. The third-order valence-electron chi connectivity index (χ3n) is 7.05. The summed E-state index contributed by atoms with van der Waals surface area (Å²) < 4.78 is 17.0. The van der Waals surface area contributed by atoms with Gasteiger partial charge in [-0.05, 0) is 64.2 Å². The Morgan fingerprint density at radius 3 is 1.58 bits per heavy atom.